The predicted octanol–water partition coefficient (Wildman–Crippen LogP) is 3.44. The number of carbonyl (C=O) groups is 1. The molecule has 9 heteroatoms. The van der Waals surface area contributed by atoms with Gasteiger partial charge in [-0.1, -0.05) is 36.9 Å². The molecule has 2 N–H and O–H groups in total. The van der Waals surface area contributed by atoms with E-state index in [1.165, 1.54) is 23.1 Å². The highest BCUT2D eigenvalue weighted by Gasteiger charge is 2.29. The number of methoxy groups -OCH3 is 1. The number of carbonyl (C=O) groups excluding carboxylic acids is 1. The Morgan fingerprint density at radius 2 is 2.08 bits per heavy atom. The van der Waals surface area contributed by atoms with Crippen LogP contribution in [0.3, 0.4) is 0 Å². The van der Waals surface area contributed by atoms with Gasteiger partial charge in [0, 0.05) is 5.69 Å². The molecule has 1 heterocycles. The number of thioether (sulfide) groups is 1. The van der Waals surface area contributed by atoms with Crippen molar-refractivity contribution >= 4 is 39.8 Å². The van der Waals surface area contributed by atoms with Crippen molar-refractivity contribution in [2.24, 2.45) is 5.92 Å². The molecule has 1 aromatic carbocycles. The van der Waals surface area contributed by atoms with Gasteiger partial charge in [-0.3, -0.25) is 4.79 Å². The van der Waals surface area contributed by atoms with Crippen LogP contribution in [0.25, 0.3) is 0 Å². The molecule has 1 amide bonds. The average Bonchev–Trinajstić information content (AvgIpc) is 3.07. The van der Waals surface area contributed by atoms with E-state index in [0.717, 1.165) is 11.4 Å². The number of nitriles is 1. The quantitative estimate of drug-likeness (QED) is 0.665. The van der Waals surface area contributed by atoms with Crippen molar-refractivity contribution in [2.45, 2.75) is 30.6 Å². The molecule has 7 nitrogen and oxygen atoms in total. The maximum atomic E-state index is 12.1. The molecule has 0 unspecified atom stereocenters. The third kappa shape index (κ3) is 5.34. The second kappa shape index (κ2) is 8.87. The lowest BCUT2D eigenvalue weighted by atomic mass is 9.90. The fourth-order valence-corrected chi connectivity index (χ4v) is 3.44. The summed E-state index contributed by atoms with van der Waals surface area (Å²) in [5.74, 6) is 0.776. The first-order valence-electron chi connectivity index (χ1n) is 7.96. The number of aromatic nitrogens is 2. The van der Waals surface area contributed by atoms with Gasteiger partial charge in [0.1, 0.15) is 11.3 Å². The summed E-state index contributed by atoms with van der Waals surface area (Å²) in [6.07, 6.45) is 0. The van der Waals surface area contributed by atoms with Crippen molar-refractivity contribution in [1.29, 1.82) is 5.26 Å². The minimum Gasteiger partial charge on any atom is -0.497 e. The molecule has 2 aromatic rings. The first kappa shape index (κ1) is 20.0. The summed E-state index contributed by atoms with van der Waals surface area (Å²) in [4.78, 5) is 12.1. The molecular formula is C17H21N5O2S2. The molecular weight excluding hydrogens is 370 g/mol. The van der Waals surface area contributed by atoms with Crippen LogP contribution in [0.2, 0.25) is 0 Å². The van der Waals surface area contributed by atoms with Gasteiger partial charge in [0.25, 0.3) is 0 Å². The van der Waals surface area contributed by atoms with Gasteiger partial charge in [0.05, 0.1) is 18.9 Å². The van der Waals surface area contributed by atoms with Crippen LogP contribution < -0.4 is 15.4 Å². The smallest absolute Gasteiger partial charge is 0.231 e. The van der Waals surface area contributed by atoms with E-state index < -0.39 is 5.54 Å². The van der Waals surface area contributed by atoms with Gasteiger partial charge in [-0.05, 0) is 37.1 Å². The van der Waals surface area contributed by atoms with Crippen LogP contribution >= 0.6 is 23.1 Å². The lowest BCUT2D eigenvalue weighted by Gasteiger charge is -2.27. The fraction of sp³-hybridized carbons (Fsp3) is 0.412. The highest BCUT2D eigenvalue weighted by molar-refractivity contribution is 8.01. The summed E-state index contributed by atoms with van der Waals surface area (Å²) in [7, 11) is 1.62. The molecule has 0 aliphatic rings. The third-order valence-corrected chi connectivity index (χ3v) is 5.83. The number of ether oxygens (including phenoxy) is 1. The number of nitrogens with zero attached hydrogens (tertiary/aromatic N) is 3. The van der Waals surface area contributed by atoms with Crippen LogP contribution in [-0.2, 0) is 4.79 Å². The maximum absolute atomic E-state index is 12.1. The Hall–Kier alpha value is -2.31. The zero-order chi connectivity index (χ0) is 19.2. The van der Waals surface area contributed by atoms with Crippen molar-refractivity contribution < 1.29 is 9.53 Å². The molecule has 0 bridgehead atoms. The van der Waals surface area contributed by atoms with Crippen molar-refractivity contribution in [3.63, 3.8) is 0 Å². The molecule has 0 radical (unpaired) electrons. The fourth-order valence-electron chi connectivity index (χ4n) is 1.87. The number of hydrogen-bond acceptors (Lipinski definition) is 8. The van der Waals surface area contributed by atoms with Crippen LogP contribution in [0, 0.1) is 17.2 Å². The van der Waals surface area contributed by atoms with E-state index in [2.05, 4.69) is 26.9 Å². The standard InChI is InChI=1S/C17H21N5O2S2/c1-11(2)17(3,10-18)20-14(23)9-25-16-22-21-15(26-16)19-12-5-7-13(24-4)8-6-12/h5-8,11H,9H2,1-4H3,(H,19,21)(H,20,23)/t17-/m1/s1. The van der Waals surface area contributed by atoms with E-state index in [4.69, 9.17) is 4.74 Å². The van der Waals surface area contributed by atoms with Crippen molar-refractivity contribution in [2.75, 3.05) is 18.2 Å². The summed E-state index contributed by atoms with van der Waals surface area (Å²) in [5.41, 5.74) is -0.00203. The molecule has 2 rings (SSSR count). The molecule has 0 saturated heterocycles. The highest BCUT2D eigenvalue weighted by Crippen LogP contribution is 2.28. The zero-order valence-corrected chi connectivity index (χ0v) is 16.7. The van der Waals surface area contributed by atoms with Crippen molar-refractivity contribution in [3.8, 4) is 11.8 Å². The number of anilines is 2. The Bertz CT molecular complexity index is 785. The van der Waals surface area contributed by atoms with E-state index >= 15 is 0 Å². The Morgan fingerprint density at radius 1 is 1.38 bits per heavy atom. The topological polar surface area (TPSA) is 99.9 Å². The Labute approximate surface area is 161 Å². The summed E-state index contributed by atoms with van der Waals surface area (Å²) in [6.45, 7) is 5.53. The number of nitrogens with one attached hydrogen (secondary N) is 2. The molecule has 0 fully saturated rings. The Balaban J connectivity index is 1.88. The summed E-state index contributed by atoms with van der Waals surface area (Å²) in [5, 5.41) is 24.0. The Kier molecular flexibility index (Phi) is 6.83. The van der Waals surface area contributed by atoms with E-state index in [1.54, 1.807) is 14.0 Å². The molecule has 1 aromatic heterocycles. The average molecular weight is 392 g/mol. The summed E-state index contributed by atoms with van der Waals surface area (Å²) in [6, 6.07) is 9.63. The van der Waals surface area contributed by atoms with Crippen LogP contribution in [-0.4, -0.2) is 34.5 Å². The SMILES string of the molecule is COc1ccc(Nc2nnc(SCC(=O)N[C@](C)(C#N)C(C)C)s2)cc1. The number of amides is 1. The maximum Gasteiger partial charge on any atom is 0.231 e. The molecule has 26 heavy (non-hydrogen) atoms. The first-order chi connectivity index (χ1) is 12.4. The van der Waals surface area contributed by atoms with Crippen molar-refractivity contribution in [3.05, 3.63) is 24.3 Å². The van der Waals surface area contributed by atoms with Crippen LogP contribution in [0.5, 0.6) is 5.75 Å². The van der Waals surface area contributed by atoms with Gasteiger partial charge in [0.2, 0.25) is 11.0 Å². The largest absolute Gasteiger partial charge is 0.497 e. The second-order valence-corrected chi connectivity index (χ2v) is 8.23. The highest BCUT2D eigenvalue weighted by atomic mass is 32.2. The molecule has 0 aliphatic carbocycles. The first-order valence-corrected chi connectivity index (χ1v) is 9.76. The normalized spacial score (nSPS) is 12.9. The van der Waals surface area contributed by atoms with Gasteiger partial charge in [-0.2, -0.15) is 5.26 Å². The van der Waals surface area contributed by atoms with Gasteiger partial charge in [-0.15, -0.1) is 10.2 Å². The van der Waals surface area contributed by atoms with Crippen LogP contribution in [0.4, 0.5) is 10.8 Å². The monoisotopic (exact) mass is 391 g/mol. The second-order valence-electron chi connectivity index (χ2n) is 6.03. The lowest BCUT2D eigenvalue weighted by Crippen LogP contribution is -2.49. The van der Waals surface area contributed by atoms with Crippen LogP contribution in [0.15, 0.2) is 28.6 Å². The van der Waals surface area contributed by atoms with E-state index in [1.807, 2.05) is 38.1 Å². The molecule has 0 aliphatic heterocycles. The van der Waals surface area contributed by atoms with Gasteiger partial charge in [0.15, 0.2) is 4.34 Å². The minimum atomic E-state index is -0.875. The Morgan fingerprint density at radius 3 is 2.65 bits per heavy atom. The molecule has 1 atom stereocenters. The van der Waals surface area contributed by atoms with Crippen LogP contribution in [0.1, 0.15) is 20.8 Å². The van der Waals surface area contributed by atoms with E-state index in [-0.39, 0.29) is 17.6 Å². The molecule has 0 spiro atoms. The van der Waals surface area contributed by atoms with E-state index in [9.17, 15) is 10.1 Å². The summed E-state index contributed by atoms with van der Waals surface area (Å²) < 4.78 is 5.80. The van der Waals surface area contributed by atoms with Gasteiger partial charge < -0.3 is 15.4 Å². The van der Waals surface area contributed by atoms with E-state index in [0.29, 0.717) is 9.47 Å². The zero-order valence-electron chi connectivity index (χ0n) is 15.1. The number of rotatable bonds is 8. The third-order valence-electron chi connectivity index (χ3n) is 3.86. The predicted molar refractivity (Wildman–Crippen MR) is 104 cm³/mol. The van der Waals surface area contributed by atoms with Gasteiger partial charge in [-0.25, -0.2) is 0 Å². The molecule has 0 saturated carbocycles. The number of hydrogen-bond donors (Lipinski definition) is 2. The van der Waals surface area contributed by atoms with Gasteiger partial charge >= 0.3 is 0 Å². The molecule has 138 valence electrons. The number of benzene rings is 1. The van der Waals surface area contributed by atoms with Crippen molar-refractivity contribution in [1.82, 2.24) is 15.5 Å². The lowest BCUT2D eigenvalue weighted by molar-refractivity contribution is -0.120. The minimum absolute atomic E-state index is 0.0169. The summed E-state index contributed by atoms with van der Waals surface area (Å²) >= 11 is 2.66.